The Hall–Kier alpha value is -3.69. The molecule has 3 aromatic carbocycles. The molecule has 0 bridgehead atoms. The monoisotopic (exact) mass is 792 g/mol. The number of carbonyl (C=O) groups excluding carboxylic acids is 2. The minimum Gasteiger partial charge on any atom is -0.493 e. The summed E-state index contributed by atoms with van der Waals surface area (Å²) in [6.45, 7) is 3.70. The van der Waals surface area contributed by atoms with E-state index in [2.05, 4.69) is 59.7 Å². The van der Waals surface area contributed by atoms with Gasteiger partial charge in [0.2, 0.25) is 0 Å². The summed E-state index contributed by atoms with van der Waals surface area (Å²) in [4.78, 5) is 25.5. The van der Waals surface area contributed by atoms with Crippen molar-refractivity contribution < 1.29 is 28.5 Å². The zero-order valence-corrected chi connectivity index (χ0v) is 28.7. The largest absolute Gasteiger partial charge is 0.493 e. The lowest BCUT2D eigenvalue weighted by atomic mass is 9.95. The first-order valence-electron chi connectivity index (χ1n) is 13.4. The van der Waals surface area contributed by atoms with Crippen LogP contribution < -0.4 is 30.3 Å². The van der Waals surface area contributed by atoms with Crippen molar-refractivity contribution in [3.8, 4) is 17.2 Å². The molecule has 1 atom stereocenters. The van der Waals surface area contributed by atoms with Crippen molar-refractivity contribution in [2.45, 2.75) is 26.5 Å². The van der Waals surface area contributed by atoms with Crippen molar-refractivity contribution in [2.24, 2.45) is 5.10 Å². The zero-order chi connectivity index (χ0) is 31.6. The SMILES string of the molecule is CCOC(=O)C1=C(C)NC(=S)N[C@@H]1c1ccccc1OCC(=O)NN=Cc1cc(I)cc(OC)c1OCc1ccc(Br)cc1. The molecular formula is C31H30BrIN4O6S. The Morgan fingerprint density at radius 2 is 1.86 bits per heavy atom. The van der Waals surface area contributed by atoms with E-state index < -0.39 is 17.9 Å². The smallest absolute Gasteiger partial charge is 0.338 e. The molecular weight excluding hydrogens is 763 g/mol. The standard InChI is InChI=1S/C31H30BrIN4O6S/c1-4-41-30(39)27-18(2)35-31(44)36-28(27)23-7-5-6-8-24(23)42-17-26(38)37-34-15-20-13-22(33)14-25(40-3)29(20)43-16-19-9-11-21(32)12-10-19/h5-15,28H,4,16-17H2,1-3H3,(H,37,38)(H2,35,36,44)/t28-/m1/s1. The highest BCUT2D eigenvalue weighted by atomic mass is 127. The molecule has 0 aliphatic carbocycles. The molecule has 44 heavy (non-hydrogen) atoms. The average molecular weight is 793 g/mol. The zero-order valence-electron chi connectivity index (χ0n) is 24.1. The number of thiocarbonyl (C=S) groups is 1. The fraction of sp³-hybridized carbons (Fsp3) is 0.226. The normalized spacial score (nSPS) is 14.5. The molecule has 1 aliphatic rings. The van der Waals surface area contributed by atoms with Crippen LogP contribution in [0, 0.1) is 3.57 Å². The van der Waals surface area contributed by atoms with Gasteiger partial charge in [-0.3, -0.25) is 4.79 Å². The Bertz CT molecular complexity index is 1600. The summed E-state index contributed by atoms with van der Waals surface area (Å²) in [7, 11) is 1.56. The van der Waals surface area contributed by atoms with Gasteiger partial charge in [-0.05, 0) is 84.6 Å². The van der Waals surface area contributed by atoms with Gasteiger partial charge in [0, 0.05) is 24.9 Å². The van der Waals surface area contributed by atoms with E-state index in [4.69, 9.17) is 31.2 Å². The summed E-state index contributed by atoms with van der Waals surface area (Å²) in [5.41, 5.74) is 5.66. The maximum atomic E-state index is 12.8. The Morgan fingerprint density at radius 1 is 1.11 bits per heavy atom. The minimum atomic E-state index is -0.633. The van der Waals surface area contributed by atoms with Crippen molar-refractivity contribution in [3.63, 3.8) is 0 Å². The Kier molecular flexibility index (Phi) is 12.0. The van der Waals surface area contributed by atoms with E-state index in [0.29, 0.717) is 51.4 Å². The van der Waals surface area contributed by atoms with Crippen LogP contribution in [0.2, 0.25) is 0 Å². The second-order valence-corrected chi connectivity index (χ2v) is 11.9. The van der Waals surface area contributed by atoms with Crippen LogP contribution in [0.1, 0.15) is 36.6 Å². The Morgan fingerprint density at radius 3 is 2.59 bits per heavy atom. The molecule has 4 rings (SSSR count). The number of nitrogens with one attached hydrogen (secondary N) is 3. The van der Waals surface area contributed by atoms with E-state index in [1.54, 1.807) is 39.2 Å². The van der Waals surface area contributed by atoms with Crippen LogP contribution in [0.25, 0.3) is 0 Å². The molecule has 0 radical (unpaired) electrons. The lowest BCUT2D eigenvalue weighted by Crippen LogP contribution is -2.45. The van der Waals surface area contributed by atoms with Crippen LogP contribution >= 0.6 is 50.7 Å². The fourth-order valence-corrected chi connectivity index (χ4v) is 5.49. The second-order valence-electron chi connectivity index (χ2n) is 9.35. The third kappa shape index (κ3) is 8.70. The number of amides is 1. The maximum absolute atomic E-state index is 12.8. The van der Waals surface area contributed by atoms with Crippen LogP contribution in [-0.4, -0.2) is 43.5 Å². The lowest BCUT2D eigenvalue weighted by Gasteiger charge is -2.30. The summed E-state index contributed by atoms with van der Waals surface area (Å²) < 4.78 is 24.7. The number of para-hydroxylation sites is 1. The van der Waals surface area contributed by atoms with Gasteiger partial charge in [-0.25, -0.2) is 10.2 Å². The minimum absolute atomic E-state index is 0.222. The summed E-state index contributed by atoms with van der Waals surface area (Å²) in [6, 6.07) is 18.0. The highest BCUT2D eigenvalue weighted by Crippen LogP contribution is 2.35. The molecule has 0 saturated carbocycles. The predicted octanol–water partition coefficient (Wildman–Crippen LogP) is 5.53. The van der Waals surface area contributed by atoms with Crippen LogP contribution in [0.4, 0.5) is 0 Å². The number of hydrogen-bond donors (Lipinski definition) is 3. The molecule has 10 nitrogen and oxygen atoms in total. The van der Waals surface area contributed by atoms with E-state index in [0.717, 1.165) is 13.6 Å². The number of hydrogen-bond acceptors (Lipinski definition) is 8. The van der Waals surface area contributed by atoms with Crippen molar-refractivity contribution in [1.29, 1.82) is 0 Å². The number of carbonyl (C=O) groups is 2. The van der Waals surface area contributed by atoms with Crippen molar-refractivity contribution >= 4 is 73.9 Å². The topological polar surface area (TPSA) is 120 Å². The van der Waals surface area contributed by atoms with E-state index in [-0.39, 0.29) is 13.2 Å². The van der Waals surface area contributed by atoms with Crippen LogP contribution in [0.5, 0.6) is 17.2 Å². The van der Waals surface area contributed by atoms with Crippen molar-refractivity contribution in [2.75, 3.05) is 20.3 Å². The predicted molar refractivity (Wildman–Crippen MR) is 183 cm³/mol. The quantitative estimate of drug-likeness (QED) is 0.0716. The molecule has 3 aromatic rings. The molecule has 1 heterocycles. The van der Waals surface area contributed by atoms with E-state index >= 15 is 0 Å². The molecule has 1 aliphatic heterocycles. The molecule has 0 aromatic heterocycles. The van der Waals surface area contributed by atoms with Gasteiger partial charge in [-0.1, -0.05) is 46.3 Å². The molecule has 0 spiro atoms. The van der Waals surface area contributed by atoms with Gasteiger partial charge in [-0.2, -0.15) is 5.10 Å². The van der Waals surface area contributed by atoms with E-state index in [1.807, 2.05) is 42.5 Å². The first kappa shape index (κ1) is 33.2. The average Bonchev–Trinajstić information content (AvgIpc) is 3.00. The molecule has 3 N–H and O–H groups in total. The van der Waals surface area contributed by atoms with Gasteiger partial charge >= 0.3 is 5.97 Å². The van der Waals surface area contributed by atoms with E-state index in [1.165, 1.54) is 6.21 Å². The third-order valence-electron chi connectivity index (χ3n) is 6.31. The number of methoxy groups -OCH3 is 1. The highest BCUT2D eigenvalue weighted by Gasteiger charge is 2.32. The molecule has 0 fully saturated rings. The van der Waals surface area contributed by atoms with Crippen molar-refractivity contribution in [1.82, 2.24) is 16.1 Å². The van der Waals surface area contributed by atoms with Gasteiger partial charge in [0.25, 0.3) is 5.91 Å². The Balaban J connectivity index is 1.45. The number of nitrogens with zero attached hydrogens (tertiary/aromatic N) is 1. The molecule has 0 saturated heterocycles. The van der Waals surface area contributed by atoms with Gasteiger partial charge < -0.3 is 29.6 Å². The number of esters is 1. The number of halogens is 2. The lowest BCUT2D eigenvalue weighted by molar-refractivity contribution is -0.139. The third-order valence-corrected chi connectivity index (χ3v) is 7.68. The number of rotatable bonds is 12. The summed E-state index contributed by atoms with van der Waals surface area (Å²) in [5, 5.41) is 10.6. The first-order valence-corrected chi connectivity index (χ1v) is 15.7. The summed E-state index contributed by atoms with van der Waals surface area (Å²) in [5.74, 6) is 0.463. The van der Waals surface area contributed by atoms with Crippen LogP contribution in [0.3, 0.4) is 0 Å². The fourth-order valence-electron chi connectivity index (χ4n) is 4.33. The van der Waals surface area contributed by atoms with Gasteiger partial charge in [0.15, 0.2) is 23.2 Å². The molecule has 13 heteroatoms. The number of benzene rings is 3. The van der Waals surface area contributed by atoms with Gasteiger partial charge in [0.1, 0.15) is 12.4 Å². The van der Waals surface area contributed by atoms with Crippen LogP contribution in [-0.2, 0) is 20.9 Å². The number of allylic oxidation sites excluding steroid dienone is 1. The van der Waals surface area contributed by atoms with Crippen LogP contribution in [0.15, 0.2) is 81.5 Å². The molecule has 230 valence electrons. The van der Waals surface area contributed by atoms with Gasteiger partial charge in [0.05, 0.1) is 31.5 Å². The second kappa shape index (κ2) is 15.9. The summed E-state index contributed by atoms with van der Waals surface area (Å²) >= 11 is 10.9. The van der Waals surface area contributed by atoms with Crippen molar-refractivity contribution in [3.05, 3.63) is 96.7 Å². The van der Waals surface area contributed by atoms with Gasteiger partial charge in [-0.15, -0.1) is 0 Å². The molecule has 1 amide bonds. The molecule has 0 unspecified atom stereocenters. The Labute approximate surface area is 282 Å². The van der Waals surface area contributed by atoms with E-state index in [9.17, 15) is 9.59 Å². The highest BCUT2D eigenvalue weighted by molar-refractivity contribution is 14.1. The maximum Gasteiger partial charge on any atom is 0.338 e. The first-order chi connectivity index (χ1) is 21.2. The summed E-state index contributed by atoms with van der Waals surface area (Å²) in [6.07, 6.45) is 1.49. The number of hydrazone groups is 1. The number of ether oxygens (including phenoxy) is 4.